The Labute approximate surface area is 168 Å². The van der Waals surface area contributed by atoms with Gasteiger partial charge in [0.25, 0.3) is 5.91 Å². The number of ether oxygens (including phenoxy) is 1. The van der Waals surface area contributed by atoms with Gasteiger partial charge in [-0.25, -0.2) is 13.1 Å². The van der Waals surface area contributed by atoms with Gasteiger partial charge in [0, 0.05) is 16.6 Å². The number of hydrogen-bond donors (Lipinski definition) is 2. The van der Waals surface area contributed by atoms with Crippen molar-refractivity contribution in [1.82, 2.24) is 4.72 Å². The highest BCUT2D eigenvalue weighted by Crippen LogP contribution is 2.27. The van der Waals surface area contributed by atoms with Crippen molar-refractivity contribution in [2.24, 2.45) is 0 Å². The largest absolute Gasteiger partial charge is 0.482 e. The van der Waals surface area contributed by atoms with E-state index in [1.807, 2.05) is 24.5 Å². The summed E-state index contributed by atoms with van der Waals surface area (Å²) in [6.45, 7) is 3.20. The molecule has 0 heterocycles. The van der Waals surface area contributed by atoms with Gasteiger partial charge in [-0.05, 0) is 56.5 Å². The van der Waals surface area contributed by atoms with E-state index in [0.717, 1.165) is 4.90 Å². The molecule has 1 amide bonds. The molecule has 2 rings (SSSR count). The number of halogens is 1. The topological polar surface area (TPSA) is 84.5 Å². The van der Waals surface area contributed by atoms with E-state index in [2.05, 4.69) is 10.0 Å². The predicted octanol–water partition coefficient (Wildman–Crippen LogP) is 3.77. The van der Waals surface area contributed by atoms with Crippen LogP contribution in [0.1, 0.15) is 13.8 Å². The van der Waals surface area contributed by atoms with Crippen LogP contribution in [-0.4, -0.2) is 33.2 Å². The summed E-state index contributed by atoms with van der Waals surface area (Å²) in [6.07, 6.45) is 1.95. The average Bonchev–Trinajstić information content (AvgIpc) is 2.59. The summed E-state index contributed by atoms with van der Waals surface area (Å²) in [4.78, 5) is 13.1. The van der Waals surface area contributed by atoms with E-state index in [4.69, 9.17) is 16.3 Å². The molecule has 9 heteroatoms. The van der Waals surface area contributed by atoms with Gasteiger partial charge in [-0.15, -0.1) is 11.8 Å². The van der Waals surface area contributed by atoms with Gasteiger partial charge in [-0.3, -0.25) is 4.79 Å². The number of sulfonamides is 1. The lowest BCUT2D eigenvalue weighted by Crippen LogP contribution is -2.30. The Morgan fingerprint density at radius 2 is 1.96 bits per heavy atom. The second-order valence-corrected chi connectivity index (χ2v) is 8.94. The maximum absolute atomic E-state index is 12.2. The SMILES string of the molecule is CSc1cccc(NC(=O)COc2ccc(S(=O)(=O)NC(C)C)cc2Cl)c1. The first-order valence-corrected chi connectivity index (χ1v) is 11.2. The number of carbonyl (C=O) groups is 1. The first-order chi connectivity index (χ1) is 12.7. The molecule has 0 saturated heterocycles. The fourth-order valence-electron chi connectivity index (χ4n) is 2.19. The van der Waals surface area contributed by atoms with Gasteiger partial charge < -0.3 is 10.1 Å². The zero-order chi connectivity index (χ0) is 20.0. The molecule has 0 atom stereocenters. The number of thioether (sulfide) groups is 1. The van der Waals surface area contributed by atoms with Gasteiger partial charge in [0.1, 0.15) is 5.75 Å². The average molecular weight is 429 g/mol. The Kier molecular flexibility index (Phi) is 7.55. The van der Waals surface area contributed by atoms with Crippen LogP contribution in [0.3, 0.4) is 0 Å². The van der Waals surface area contributed by atoms with Crippen molar-refractivity contribution in [2.45, 2.75) is 29.7 Å². The fourth-order valence-corrected chi connectivity index (χ4v) is 4.22. The van der Waals surface area contributed by atoms with E-state index in [1.54, 1.807) is 31.7 Å². The van der Waals surface area contributed by atoms with Crippen molar-refractivity contribution < 1.29 is 17.9 Å². The van der Waals surface area contributed by atoms with Crippen LogP contribution in [-0.2, 0) is 14.8 Å². The summed E-state index contributed by atoms with van der Waals surface area (Å²) < 4.78 is 32.2. The summed E-state index contributed by atoms with van der Waals surface area (Å²) in [5.74, 6) is -0.115. The third-order valence-corrected chi connectivity index (χ3v) is 5.99. The zero-order valence-corrected chi connectivity index (χ0v) is 17.5. The minimum atomic E-state index is -3.65. The minimum Gasteiger partial charge on any atom is -0.482 e. The quantitative estimate of drug-likeness (QED) is 0.625. The molecule has 2 aromatic rings. The Morgan fingerprint density at radius 1 is 1.22 bits per heavy atom. The number of rotatable bonds is 8. The van der Waals surface area contributed by atoms with Crippen LogP contribution in [0.15, 0.2) is 52.3 Å². The van der Waals surface area contributed by atoms with Crippen molar-refractivity contribution in [3.63, 3.8) is 0 Å². The highest BCUT2D eigenvalue weighted by molar-refractivity contribution is 7.98. The molecule has 0 aromatic heterocycles. The van der Waals surface area contributed by atoms with E-state index >= 15 is 0 Å². The normalized spacial score (nSPS) is 11.4. The lowest BCUT2D eigenvalue weighted by Gasteiger charge is -2.12. The van der Waals surface area contributed by atoms with Crippen LogP contribution in [0.5, 0.6) is 5.75 Å². The molecule has 2 N–H and O–H groups in total. The van der Waals surface area contributed by atoms with Crippen molar-refractivity contribution >= 4 is 45.0 Å². The molecule has 27 heavy (non-hydrogen) atoms. The molecule has 0 aliphatic carbocycles. The Morgan fingerprint density at radius 3 is 2.59 bits per heavy atom. The van der Waals surface area contributed by atoms with Crippen LogP contribution >= 0.6 is 23.4 Å². The second-order valence-electron chi connectivity index (χ2n) is 5.94. The zero-order valence-electron chi connectivity index (χ0n) is 15.2. The lowest BCUT2D eigenvalue weighted by molar-refractivity contribution is -0.118. The van der Waals surface area contributed by atoms with Crippen LogP contribution in [0.2, 0.25) is 5.02 Å². The van der Waals surface area contributed by atoms with Gasteiger partial charge in [-0.1, -0.05) is 17.7 Å². The summed E-state index contributed by atoms with van der Waals surface area (Å²) >= 11 is 7.68. The molecule has 146 valence electrons. The number of hydrogen-bond acceptors (Lipinski definition) is 5. The molecule has 2 aromatic carbocycles. The van der Waals surface area contributed by atoms with Crippen LogP contribution in [0, 0.1) is 0 Å². The molecule has 0 aliphatic rings. The first kappa shape index (κ1) is 21.6. The maximum Gasteiger partial charge on any atom is 0.262 e. The lowest BCUT2D eigenvalue weighted by atomic mass is 10.3. The molecular weight excluding hydrogens is 408 g/mol. The minimum absolute atomic E-state index is 0.0342. The van der Waals surface area contributed by atoms with Crippen LogP contribution in [0.25, 0.3) is 0 Å². The van der Waals surface area contributed by atoms with E-state index in [1.165, 1.54) is 18.2 Å². The molecule has 0 fully saturated rings. The standard InChI is InChI=1S/C18H21ClN2O4S2/c1-12(2)21-27(23,24)15-7-8-17(16(19)10-15)25-11-18(22)20-13-5-4-6-14(9-13)26-3/h4-10,12,21H,11H2,1-3H3,(H,20,22). The van der Waals surface area contributed by atoms with E-state index in [9.17, 15) is 13.2 Å². The fraction of sp³-hybridized carbons (Fsp3) is 0.278. The van der Waals surface area contributed by atoms with Gasteiger partial charge in [-0.2, -0.15) is 0 Å². The number of anilines is 1. The molecule has 0 unspecified atom stereocenters. The van der Waals surface area contributed by atoms with Gasteiger partial charge in [0.2, 0.25) is 10.0 Å². The third kappa shape index (κ3) is 6.42. The van der Waals surface area contributed by atoms with Crippen molar-refractivity contribution in [1.29, 1.82) is 0 Å². The van der Waals surface area contributed by atoms with E-state index in [0.29, 0.717) is 5.69 Å². The molecule has 0 spiro atoms. The summed E-state index contributed by atoms with van der Waals surface area (Å²) in [5.41, 5.74) is 0.669. The summed E-state index contributed by atoms with van der Waals surface area (Å²) in [6, 6.07) is 11.3. The van der Waals surface area contributed by atoms with Crippen molar-refractivity contribution in [3.8, 4) is 5.75 Å². The summed E-state index contributed by atoms with van der Waals surface area (Å²) in [5, 5.41) is 2.85. The molecule has 0 saturated carbocycles. The van der Waals surface area contributed by atoms with Crippen LogP contribution in [0.4, 0.5) is 5.69 Å². The van der Waals surface area contributed by atoms with Gasteiger partial charge >= 0.3 is 0 Å². The Hall–Kier alpha value is -1.74. The van der Waals surface area contributed by atoms with Crippen LogP contribution < -0.4 is 14.8 Å². The number of benzene rings is 2. The number of nitrogens with one attached hydrogen (secondary N) is 2. The highest BCUT2D eigenvalue weighted by atomic mass is 35.5. The van der Waals surface area contributed by atoms with E-state index in [-0.39, 0.29) is 34.2 Å². The molecule has 0 radical (unpaired) electrons. The monoisotopic (exact) mass is 428 g/mol. The van der Waals surface area contributed by atoms with Crippen molar-refractivity contribution in [3.05, 3.63) is 47.5 Å². The van der Waals surface area contributed by atoms with E-state index < -0.39 is 10.0 Å². The van der Waals surface area contributed by atoms with Gasteiger partial charge in [0.15, 0.2) is 6.61 Å². The molecular formula is C18H21ClN2O4S2. The third-order valence-electron chi connectivity index (χ3n) is 3.32. The Balaban J connectivity index is 2.00. The van der Waals surface area contributed by atoms with Crippen molar-refractivity contribution in [2.75, 3.05) is 18.2 Å². The summed E-state index contributed by atoms with van der Waals surface area (Å²) in [7, 11) is -3.65. The number of amides is 1. The predicted molar refractivity (Wildman–Crippen MR) is 109 cm³/mol. The molecule has 0 bridgehead atoms. The Bertz CT molecular complexity index is 917. The van der Waals surface area contributed by atoms with Gasteiger partial charge in [0.05, 0.1) is 9.92 Å². The molecule has 6 nitrogen and oxygen atoms in total. The maximum atomic E-state index is 12.2. The first-order valence-electron chi connectivity index (χ1n) is 8.10. The smallest absolute Gasteiger partial charge is 0.262 e. The highest BCUT2D eigenvalue weighted by Gasteiger charge is 2.17. The molecule has 0 aliphatic heterocycles. The second kappa shape index (κ2) is 9.45. The number of carbonyl (C=O) groups excluding carboxylic acids is 1.